The fourth-order valence-corrected chi connectivity index (χ4v) is 1.60. The smallest absolute Gasteiger partial charge is 0.0236 e. The highest BCUT2D eigenvalue weighted by atomic mass is 15.1. The molecule has 0 saturated carbocycles. The lowest BCUT2D eigenvalue weighted by Gasteiger charge is -2.12. The molecule has 0 aromatic carbocycles. The first-order chi connectivity index (χ1) is 6.11. The third kappa shape index (κ3) is 2.88. The summed E-state index contributed by atoms with van der Waals surface area (Å²) in [5, 5.41) is 0. The first kappa shape index (κ1) is 10.3. The summed E-state index contributed by atoms with van der Waals surface area (Å²) in [5.41, 5.74) is 2.74. The van der Waals surface area contributed by atoms with Crippen LogP contribution in [-0.2, 0) is 6.54 Å². The number of hydrogen-bond acceptors (Lipinski definition) is 1. The summed E-state index contributed by atoms with van der Waals surface area (Å²) < 4.78 is 2.38. The second-order valence-electron chi connectivity index (χ2n) is 3.92. The van der Waals surface area contributed by atoms with Gasteiger partial charge in [-0.15, -0.1) is 0 Å². The van der Waals surface area contributed by atoms with Crippen LogP contribution in [0.4, 0.5) is 0 Å². The van der Waals surface area contributed by atoms with Crippen molar-refractivity contribution in [3.8, 4) is 0 Å². The number of aromatic nitrogens is 1. The highest BCUT2D eigenvalue weighted by molar-refractivity contribution is 5.13. The lowest BCUT2D eigenvalue weighted by molar-refractivity contribution is 0.384. The predicted octanol–water partition coefficient (Wildman–Crippen LogP) is 2.06. The van der Waals surface area contributed by atoms with E-state index in [2.05, 4.69) is 49.5 Å². The Bertz CT molecular complexity index is 242. The summed E-state index contributed by atoms with van der Waals surface area (Å²) in [7, 11) is 4.24. The van der Waals surface area contributed by atoms with E-state index in [9.17, 15) is 0 Å². The Kier molecular flexibility index (Phi) is 3.55. The molecule has 1 aromatic rings. The Morgan fingerprint density at radius 2 is 1.69 bits per heavy atom. The zero-order valence-electron chi connectivity index (χ0n) is 9.17. The summed E-state index contributed by atoms with van der Waals surface area (Å²) >= 11 is 0. The molecule has 0 N–H and O–H groups in total. The molecule has 74 valence electrons. The van der Waals surface area contributed by atoms with Crippen molar-refractivity contribution in [3.63, 3.8) is 0 Å². The van der Waals surface area contributed by atoms with Gasteiger partial charge in [0.15, 0.2) is 0 Å². The largest absolute Gasteiger partial charge is 0.349 e. The standard InChI is InChI=1S/C11H20N2/c1-10-6-7-11(2)13(10)9-5-8-12(3)4/h6-7H,5,8-9H2,1-4H3. The van der Waals surface area contributed by atoms with E-state index < -0.39 is 0 Å². The Labute approximate surface area is 81.2 Å². The number of rotatable bonds is 4. The zero-order valence-corrected chi connectivity index (χ0v) is 9.17. The number of nitrogens with zero attached hydrogens (tertiary/aromatic N) is 2. The molecule has 0 aliphatic rings. The van der Waals surface area contributed by atoms with E-state index in [1.807, 2.05) is 0 Å². The average molecular weight is 180 g/mol. The third-order valence-corrected chi connectivity index (χ3v) is 2.40. The van der Waals surface area contributed by atoms with E-state index in [4.69, 9.17) is 0 Å². The van der Waals surface area contributed by atoms with Gasteiger partial charge in [0.1, 0.15) is 0 Å². The van der Waals surface area contributed by atoms with Crippen molar-refractivity contribution in [1.29, 1.82) is 0 Å². The molecule has 0 unspecified atom stereocenters. The lowest BCUT2D eigenvalue weighted by Crippen LogP contribution is -2.15. The molecule has 0 bridgehead atoms. The van der Waals surface area contributed by atoms with E-state index in [1.54, 1.807) is 0 Å². The maximum atomic E-state index is 2.38. The van der Waals surface area contributed by atoms with Crippen LogP contribution in [0.25, 0.3) is 0 Å². The molecule has 0 aliphatic carbocycles. The molecule has 2 nitrogen and oxygen atoms in total. The number of aryl methyl sites for hydroxylation is 2. The van der Waals surface area contributed by atoms with Crippen LogP contribution in [0, 0.1) is 13.8 Å². The SMILES string of the molecule is Cc1ccc(C)n1CCCN(C)C. The van der Waals surface area contributed by atoms with Crippen LogP contribution < -0.4 is 0 Å². The van der Waals surface area contributed by atoms with Crippen LogP contribution in [0.2, 0.25) is 0 Å². The average Bonchev–Trinajstić information content (AvgIpc) is 2.34. The van der Waals surface area contributed by atoms with Gasteiger partial charge in [0.2, 0.25) is 0 Å². The molecule has 0 atom stereocenters. The van der Waals surface area contributed by atoms with Gasteiger partial charge in [-0.05, 0) is 53.0 Å². The van der Waals surface area contributed by atoms with E-state index >= 15 is 0 Å². The van der Waals surface area contributed by atoms with Crippen LogP contribution in [0.5, 0.6) is 0 Å². The first-order valence-corrected chi connectivity index (χ1v) is 4.88. The molecular formula is C11H20N2. The molecule has 2 heteroatoms. The first-order valence-electron chi connectivity index (χ1n) is 4.88. The van der Waals surface area contributed by atoms with Gasteiger partial charge in [0, 0.05) is 17.9 Å². The van der Waals surface area contributed by atoms with E-state index in [0.717, 1.165) is 13.1 Å². The van der Waals surface area contributed by atoms with Gasteiger partial charge in [-0.3, -0.25) is 0 Å². The summed E-state index contributed by atoms with van der Waals surface area (Å²) in [6.45, 7) is 6.64. The van der Waals surface area contributed by atoms with Gasteiger partial charge in [0.25, 0.3) is 0 Å². The minimum atomic E-state index is 1.14. The molecule has 13 heavy (non-hydrogen) atoms. The van der Waals surface area contributed by atoms with Crippen molar-refractivity contribution < 1.29 is 0 Å². The fourth-order valence-electron chi connectivity index (χ4n) is 1.60. The molecule has 1 heterocycles. The zero-order chi connectivity index (χ0) is 9.84. The van der Waals surface area contributed by atoms with Crippen molar-refractivity contribution >= 4 is 0 Å². The fraction of sp³-hybridized carbons (Fsp3) is 0.636. The normalized spacial score (nSPS) is 11.2. The Hall–Kier alpha value is -0.760. The van der Waals surface area contributed by atoms with E-state index in [0.29, 0.717) is 0 Å². The van der Waals surface area contributed by atoms with Gasteiger partial charge < -0.3 is 9.47 Å². The van der Waals surface area contributed by atoms with Crippen molar-refractivity contribution in [2.24, 2.45) is 0 Å². The highest BCUT2D eigenvalue weighted by Gasteiger charge is 1.99. The molecule has 0 aliphatic heterocycles. The minimum Gasteiger partial charge on any atom is -0.349 e. The number of hydrogen-bond donors (Lipinski definition) is 0. The van der Waals surface area contributed by atoms with Crippen LogP contribution >= 0.6 is 0 Å². The Morgan fingerprint density at radius 1 is 1.15 bits per heavy atom. The van der Waals surface area contributed by atoms with E-state index in [1.165, 1.54) is 17.8 Å². The maximum Gasteiger partial charge on any atom is 0.0236 e. The molecular weight excluding hydrogens is 160 g/mol. The van der Waals surface area contributed by atoms with E-state index in [-0.39, 0.29) is 0 Å². The molecule has 1 aromatic heterocycles. The van der Waals surface area contributed by atoms with Gasteiger partial charge in [0.05, 0.1) is 0 Å². The second-order valence-corrected chi connectivity index (χ2v) is 3.92. The van der Waals surface area contributed by atoms with Crippen LogP contribution in [0.3, 0.4) is 0 Å². The summed E-state index contributed by atoms with van der Waals surface area (Å²) in [5.74, 6) is 0. The molecule has 0 fully saturated rings. The highest BCUT2D eigenvalue weighted by Crippen LogP contribution is 2.07. The molecule has 0 amide bonds. The van der Waals surface area contributed by atoms with Gasteiger partial charge in [-0.2, -0.15) is 0 Å². The second kappa shape index (κ2) is 4.47. The Balaban J connectivity index is 2.44. The van der Waals surface area contributed by atoms with Gasteiger partial charge in [-0.25, -0.2) is 0 Å². The van der Waals surface area contributed by atoms with Crippen molar-refractivity contribution in [3.05, 3.63) is 23.5 Å². The monoisotopic (exact) mass is 180 g/mol. The third-order valence-electron chi connectivity index (χ3n) is 2.40. The summed E-state index contributed by atoms with van der Waals surface area (Å²) in [4.78, 5) is 2.23. The molecule has 0 spiro atoms. The van der Waals surface area contributed by atoms with Gasteiger partial charge >= 0.3 is 0 Å². The summed E-state index contributed by atoms with van der Waals surface area (Å²) in [6, 6.07) is 4.37. The van der Waals surface area contributed by atoms with Crippen LogP contribution in [0.1, 0.15) is 17.8 Å². The van der Waals surface area contributed by atoms with Crippen LogP contribution in [0.15, 0.2) is 12.1 Å². The lowest BCUT2D eigenvalue weighted by atomic mass is 10.3. The quantitative estimate of drug-likeness (QED) is 0.688. The topological polar surface area (TPSA) is 8.17 Å². The Morgan fingerprint density at radius 3 is 2.15 bits per heavy atom. The molecule has 0 saturated heterocycles. The van der Waals surface area contributed by atoms with Crippen LogP contribution in [-0.4, -0.2) is 30.1 Å². The van der Waals surface area contributed by atoms with Crippen molar-refractivity contribution in [2.45, 2.75) is 26.8 Å². The van der Waals surface area contributed by atoms with Crippen molar-refractivity contribution in [2.75, 3.05) is 20.6 Å². The predicted molar refractivity (Wildman–Crippen MR) is 57.1 cm³/mol. The molecule has 1 rings (SSSR count). The summed E-state index contributed by atoms with van der Waals surface area (Å²) in [6.07, 6.45) is 1.23. The van der Waals surface area contributed by atoms with Gasteiger partial charge in [-0.1, -0.05) is 0 Å². The minimum absolute atomic E-state index is 1.14. The maximum absolute atomic E-state index is 2.38. The van der Waals surface area contributed by atoms with Crippen molar-refractivity contribution in [1.82, 2.24) is 9.47 Å². The molecule has 0 radical (unpaired) electrons.